The van der Waals surface area contributed by atoms with Crippen LogP contribution in [0.3, 0.4) is 0 Å². The predicted molar refractivity (Wildman–Crippen MR) is 103 cm³/mol. The molecule has 8 heteroatoms. The number of hydrogen-bond donors (Lipinski definition) is 2. The van der Waals surface area contributed by atoms with E-state index < -0.39 is 10.0 Å². The van der Waals surface area contributed by atoms with Crippen molar-refractivity contribution < 1.29 is 8.42 Å². The van der Waals surface area contributed by atoms with Crippen LogP contribution < -0.4 is 10.0 Å². The fourth-order valence-corrected chi connectivity index (χ4v) is 3.78. The maximum Gasteiger partial charge on any atom is 0.229 e. The molecule has 0 radical (unpaired) electrons. The molecule has 2 N–H and O–H groups in total. The minimum atomic E-state index is -3.27. The molecule has 5 nitrogen and oxygen atoms in total. The van der Waals surface area contributed by atoms with Crippen molar-refractivity contribution in [2.24, 2.45) is 0 Å². The summed E-state index contributed by atoms with van der Waals surface area (Å²) in [6, 6.07) is 15.0. The minimum absolute atomic E-state index is 0.531. The molecule has 0 aliphatic heterocycles. The van der Waals surface area contributed by atoms with Crippen LogP contribution in [0.4, 0.5) is 16.5 Å². The number of rotatable bonds is 5. The molecule has 0 saturated heterocycles. The van der Waals surface area contributed by atoms with E-state index >= 15 is 0 Å². The summed E-state index contributed by atoms with van der Waals surface area (Å²) in [6.45, 7) is 0. The Morgan fingerprint density at radius 1 is 1.08 bits per heavy atom. The Morgan fingerprint density at radius 3 is 2.50 bits per heavy atom. The lowest BCUT2D eigenvalue weighted by atomic mass is 10.1. The van der Waals surface area contributed by atoms with Gasteiger partial charge in [0.05, 0.1) is 11.9 Å². The van der Waals surface area contributed by atoms with Crippen molar-refractivity contribution in [3.8, 4) is 11.3 Å². The normalized spacial score (nSPS) is 11.2. The quantitative estimate of drug-likeness (QED) is 0.624. The second-order valence-electron chi connectivity index (χ2n) is 5.12. The number of halogens is 1. The van der Waals surface area contributed by atoms with Crippen molar-refractivity contribution in [1.82, 2.24) is 4.98 Å². The van der Waals surface area contributed by atoms with Gasteiger partial charge in [-0.15, -0.1) is 11.3 Å². The zero-order chi connectivity index (χ0) is 17.2. The molecule has 0 amide bonds. The molecular weight excluding hydrogens is 410 g/mol. The van der Waals surface area contributed by atoms with Gasteiger partial charge in [0.25, 0.3) is 0 Å². The van der Waals surface area contributed by atoms with Gasteiger partial charge in [0, 0.05) is 26.8 Å². The average Bonchev–Trinajstić information content (AvgIpc) is 2.95. The molecule has 2 aromatic carbocycles. The van der Waals surface area contributed by atoms with Crippen molar-refractivity contribution in [3.05, 3.63) is 58.4 Å². The van der Waals surface area contributed by atoms with Gasteiger partial charge in [-0.1, -0.05) is 34.1 Å². The molecule has 0 atom stereocenters. The van der Waals surface area contributed by atoms with Crippen LogP contribution in [0.1, 0.15) is 0 Å². The molecule has 124 valence electrons. The maximum atomic E-state index is 11.2. The van der Waals surface area contributed by atoms with Crippen molar-refractivity contribution in [2.75, 3.05) is 16.3 Å². The van der Waals surface area contributed by atoms with Gasteiger partial charge in [0.2, 0.25) is 10.0 Å². The summed E-state index contributed by atoms with van der Waals surface area (Å²) in [5.41, 5.74) is 3.25. The number of hydrogen-bond acceptors (Lipinski definition) is 5. The van der Waals surface area contributed by atoms with Crippen LogP contribution in [0.2, 0.25) is 0 Å². The topological polar surface area (TPSA) is 71.1 Å². The van der Waals surface area contributed by atoms with Crippen molar-refractivity contribution in [3.63, 3.8) is 0 Å². The van der Waals surface area contributed by atoms with E-state index in [1.165, 1.54) is 11.3 Å². The van der Waals surface area contributed by atoms with Gasteiger partial charge >= 0.3 is 0 Å². The van der Waals surface area contributed by atoms with E-state index in [9.17, 15) is 8.42 Å². The van der Waals surface area contributed by atoms with E-state index in [2.05, 4.69) is 31.0 Å². The molecule has 3 rings (SSSR count). The Bertz CT molecular complexity index is 953. The van der Waals surface area contributed by atoms with Gasteiger partial charge in [0.1, 0.15) is 0 Å². The molecule has 0 spiro atoms. The SMILES string of the molecule is CS(=O)(=O)Nc1ccc(-c2csc(Nc3cccc(Br)c3)n2)cc1. The molecule has 3 aromatic rings. The Labute approximate surface area is 152 Å². The molecule has 24 heavy (non-hydrogen) atoms. The molecule has 1 aromatic heterocycles. The van der Waals surface area contributed by atoms with E-state index in [1.54, 1.807) is 12.1 Å². The van der Waals surface area contributed by atoms with Gasteiger partial charge in [0.15, 0.2) is 5.13 Å². The highest BCUT2D eigenvalue weighted by Crippen LogP contribution is 2.28. The number of nitrogens with one attached hydrogen (secondary N) is 2. The van der Waals surface area contributed by atoms with Crippen molar-refractivity contribution in [2.45, 2.75) is 0 Å². The number of sulfonamides is 1. The van der Waals surface area contributed by atoms with Gasteiger partial charge in [-0.3, -0.25) is 4.72 Å². The van der Waals surface area contributed by atoms with Gasteiger partial charge in [-0.2, -0.15) is 0 Å². The lowest BCUT2D eigenvalue weighted by Crippen LogP contribution is -2.09. The third kappa shape index (κ3) is 4.56. The average molecular weight is 424 g/mol. The fraction of sp³-hybridized carbons (Fsp3) is 0.0625. The lowest BCUT2D eigenvalue weighted by Gasteiger charge is -2.04. The molecule has 0 fully saturated rings. The summed E-state index contributed by atoms with van der Waals surface area (Å²) in [6.07, 6.45) is 1.13. The van der Waals surface area contributed by atoms with Crippen LogP contribution >= 0.6 is 27.3 Å². The summed E-state index contributed by atoms with van der Waals surface area (Å²) in [5.74, 6) is 0. The van der Waals surface area contributed by atoms with E-state index in [0.717, 1.165) is 32.8 Å². The minimum Gasteiger partial charge on any atom is -0.332 e. The Hall–Kier alpha value is -1.90. The number of anilines is 3. The Balaban J connectivity index is 1.75. The van der Waals surface area contributed by atoms with Gasteiger partial charge < -0.3 is 5.32 Å². The number of benzene rings is 2. The Morgan fingerprint density at radius 2 is 1.83 bits per heavy atom. The summed E-state index contributed by atoms with van der Waals surface area (Å²) in [5, 5.41) is 6.01. The zero-order valence-electron chi connectivity index (χ0n) is 12.7. The lowest BCUT2D eigenvalue weighted by molar-refractivity contribution is 0.607. The molecule has 0 aliphatic carbocycles. The highest BCUT2D eigenvalue weighted by atomic mass is 79.9. The van der Waals surface area contributed by atoms with Gasteiger partial charge in [-0.05, 0) is 30.3 Å². The smallest absolute Gasteiger partial charge is 0.229 e. The first-order valence-electron chi connectivity index (χ1n) is 6.95. The summed E-state index contributed by atoms with van der Waals surface area (Å²) >= 11 is 4.95. The van der Waals surface area contributed by atoms with Crippen LogP contribution in [-0.4, -0.2) is 19.7 Å². The second-order valence-corrected chi connectivity index (χ2v) is 8.65. The first-order valence-corrected chi connectivity index (χ1v) is 10.5. The molecule has 1 heterocycles. The second kappa shape index (κ2) is 6.92. The first-order chi connectivity index (χ1) is 11.4. The molecular formula is C16H14BrN3O2S2. The number of thiazole rings is 1. The highest BCUT2D eigenvalue weighted by molar-refractivity contribution is 9.10. The molecule has 0 bridgehead atoms. The van der Waals surface area contributed by atoms with Crippen molar-refractivity contribution >= 4 is 53.8 Å². The monoisotopic (exact) mass is 423 g/mol. The van der Waals surface area contributed by atoms with Crippen LogP contribution in [-0.2, 0) is 10.0 Å². The van der Waals surface area contributed by atoms with Gasteiger partial charge in [-0.25, -0.2) is 13.4 Å². The molecule has 0 saturated carbocycles. The van der Waals surface area contributed by atoms with E-state index in [1.807, 2.05) is 41.8 Å². The van der Waals surface area contributed by atoms with Crippen molar-refractivity contribution in [1.29, 1.82) is 0 Å². The molecule has 0 unspecified atom stereocenters. The van der Waals surface area contributed by atoms with Crippen LogP contribution in [0.5, 0.6) is 0 Å². The van der Waals surface area contributed by atoms with E-state index in [0.29, 0.717) is 5.69 Å². The third-order valence-electron chi connectivity index (χ3n) is 3.06. The predicted octanol–water partition coefficient (Wildman–Crippen LogP) is 4.69. The largest absolute Gasteiger partial charge is 0.332 e. The Kier molecular flexibility index (Phi) is 4.88. The summed E-state index contributed by atoms with van der Waals surface area (Å²) in [4.78, 5) is 4.56. The summed E-state index contributed by atoms with van der Waals surface area (Å²) < 4.78 is 25.9. The fourth-order valence-electron chi connectivity index (χ4n) is 2.08. The molecule has 0 aliphatic rings. The summed E-state index contributed by atoms with van der Waals surface area (Å²) in [7, 11) is -3.27. The third-order valence-corrected chi connectivity index (χ3v) is 4.92. The number of aromatic nitrogens is 1. The van der Waals surface area contributed by atoms with Crippen LogP contribution in [0, 0.1) is 0 Å². The number of nitrogens with zero attached hydrogens (tertiary/aromatic N) is 1. The van der Waals surface area contributed by atoms with E-state index in [-0.39, 0.29) is 0 Å². The maximum absolute atomic E-state index is 11.2. The van der Waals surface area contributed by atoms with Crippen LogP contribution in [0.25, 0.3) is 11.3 Å². The van der Waals surface area contributed by atoms with E-state index in [4.69, 9.17) is 0 Å². The first kappa shape index (κ1) is 16.9. The standard InChI is InChI=1S/C16H14BrN3O2S2/c1-24(21,22)20-13-7-5-11(6-8-13)15-10-23-16(19-15)18-14-4-2-3-12(17)9-14/h2-10,20H,1H3,(H,18,19). The highest BCUT2D eigenvalue weighted by Gasteiger charge is 2.07. The zero-order valence-corrected chi connectivity index (χ0v) is 15.9. The van der Waals surface area contributed by atoms with Crippen LogP contribution in [0.15, 0.2) is 58.4 Å².